The van der Waals surface area contributed by atoms with Crippen molar-refractivity contribution in [2.24, 2.45) is 5.73 Å². The summed E-state index contributed by atoms with van der Waals surface area (Å²) in [5.41, 5.74) is 7.87. The van der Waals surface area contributed by atoms with E-state index in [-0.39, 0.29) is 5.91 Å². The van der Waals surface area contributed by atoms with Crippen LogP contribution >= 0.6 is 12.2 Å². The van der Waals surface area contributed by atoms with Crippen LogP contribution < -0.4 is 10.6 Å². The fourth-order valence-corrected chi connectivity index (χ4v) is 1.85. The van der Waals surface area contributed by atoms with Gasteiger partial charge in [0.25, 0.3) is 5.91 Å². The SMILES string of the molecule is Cc1ccoc1C(=O)N(C)c1ccc(C(N)=S)cc1. The van der Waals surface area contributed by atoms with Crippen LogP contribution in [-0.4, -0.2) is 17.9 Å². The first-order chi connectivity index (χ1) is 9.00. The molecule has 1 heterocycles. The first-order valence-electron chi connectivity index (χ1n) is 5.72. The number of carbonyl (C=O) groups is 1. The summed E-state index contributed by atoms with van der Waals surface area (Å²) in [5, 5.41) is 0. The number of hydrogen-bond donors (Lipinski definition) is 1. The van der Waals surface area contributed by atoms with E-state index in [1.54, 1.807) is 37.4 Å². The van der Waals surface area contributed by atoms with Gasteiger partial charge in [0.15, 0.2) is 5.76 Å². The molecular weight excluding hydrogens is 260 g/mol. The second-order valence-electron chi connectivity index (χ2n) is 4.21. The van der Waals surface area contributed by atoms with Gasteiger partial charge in [-0.3, -0.25) is 4.79 Å². The zero-order valence-electron chi connectivity index (χ0n) is 10.7. The molecule has 0 saturated carbocycles. The lowest BCUT2D eigenvalue weighted by Gasteiger charge is -2.16. The molecule has 0 bridgehead atoms. The normalized spacial score (nSPS) is 10.2. The largest absolute Gasteiger partial charge is 0.459 e. The minimum absolute atomic E-state index is 0.189. The van der Waals surface area contributed by atoms with Crippen molar-refractivity contribution < 1.29 is 9.21 Å². The number of hydrogen-bond acceptors (Lipinski definition) is 3. The minimum Gasteiger partial charge on any atom is -0.459 e. The summed E-state index contributed by atoms with van der Waals surface area (Å²) >= 11 is 4.89. The predicted octanol–water partition coefficient (Wildman–Crippen LogP) is 2.50. The monoisotopic (exact) mass is 274 g/mol. The molecule has 2 aromatic rings. The minimum atomic E-state index is -0.189. The topological polar surface area (TPSA) is 59.5 Å². The summed E-state index contributed by atoms with van der Waals surface area (Å²) in [6.45, 7) is 1.83. The van der Waals surface area contributed by atoms with Gasteiger partial charge in [0.05, 0.1) is 6.26 Å². The van der Waals surface area contributed by atoms with Crippen LogP contribution in [0.4, 0.5) is 5.69 Å². The molecule has 0 aliphatic rings. The van der Waals surface area contributed by atoms with Crippen LogP contribution in [0.3, 0.4) is 0 Å². The number of thiocarbonyl (C=S) groups is 1. The van der Waals surface area contributed by atoms with Crippen molar-refractivity contribution in [3.05, 3.63) is 53.5 Å². The van der Waals surface area contributed by atoms with Gasteiger partial charge in [-0.15, -0.1) is 0 Å². The first kappa shape index (κ1) is 13.3. The van der Waals surface area contributed by atoms with Crippen LogP contribution in [0.1, 0.15) is 21.7 Å². The van der Waals surface area contributed by atoms with Crippen molar-refractivity contribution in [1.82, 2.24) is 0 Å². The molecule has 0 unspecified atom stereocenters. The number of amides is 1. The third kappa shape index (κ3) is 2.66. The van der Waals surface area contributed by atoms with Crippen molar-refractivity contribution in [1.29, 1.82) is 0 Å². The molecule has 0 aliphatic heterocycles. The Morgan fingerprint density at radius 3 is 2.37 bits per heavy atom. The Labute approximate surface area is 116 Å². The number of carbonyl (C=O) groups excluding carboxylic acids is 1. The average Bonchev–Trinajstić information content (AvgIpc) is 2.83. The molecule has 19 heavy (non-hydrogen) atoms. The number of furan rings is 1. The van der Waals surface area contributed by atoms with Crippen LogP contribution in [0.2, 0.25) is 0 Å². The van der Waals surface area contributed by atoms with E-state index in [1.165, 1.54) is 11.2 Å². The molecule has 2 N–H and O–H groups in total. The number of nitrogens with zero attached hydrogens (tertiary/aromatic N) is 1. The van der Waals surface area contributed by atoms with E-state index in [1.807, 2.05) is 6.92 Å². The van der Waals surface area contributed by atoms with Crippen LogP contribution in [0.5, 0.6) is 0 Å². The van der Waals surface area contributed by atoms with E-state index in [4.69, 9.17) is 22.4 Å². The Hall–Kier alpha value is -2.14. The van der Waals surface area contributed by atoms with E-state index in [0.29, 0.717) is 10.7 Å². The Balaban J connectivity index is 2.24. The van der Waals surface area contributed by atoms with Gasteiger partial charge in [-0.2, -0.15) is 0 Å². The summed E-state index contributed by atoms with van der Waals surface area (Å²) in [6, 6.07) is 8.93. The summed E-state index contributed by atoms with van der Waals surface area (Å²) < 4.78 is 5.20. The van der Waals surface area contributed by atoms with Crippen LogP contribution in [0.25, 0.3) is 0 Å². The molecule has 1 aromatic carbocycles. The molecule has 4 nitrogen and oxygen atoms in total. The van der Waals surface area contributed by atoms with Gasteiger partial charge >= 0.3 is 0 Å². The second kappa shape index (κ2) is 5.24. The average molecular weight is 274 g/mol. The summed E-state index contributed by atoms with van der Waals surface area (Å²) in [6.07, 6.45) is 1.51. The van der Waals surface area contributed by atoms with Crippen molar-refractivity contribution in [3.8, 4) is 0 Å². The zero-order chi connectivity index (χ0) is 14.0. The van der Waals surface area contributed by atoms with Crippen LogP contribution in [0.15, 0.2) is 41.0 Å². The van der Waals surface area contributed by atoms with Crippen LogP contribution in [0, 0.1) is 6.92 Å². The van der Waals surface area contributed by atoms with E-state index in [2.05, 4.69) is 0 Å². The number of aryl methyl sites for hydroxylation is 1. The van der Waals surface area contributed by atoms with Gasteiger partial charge in [0.1, 0.15) is 4.99 Å². The van der Waals surface area contributed by atoms with Crippen molar-refractivity contribution in [2.45, 2.75) is 6.92 Å². The molecule has 98 valence electrons. The number of rotatable bonds is 3. The molecule has 0 saturated heterocycles. The third-order valence-electron chi connectivity index (χ3n) is 2.90. The zero-order valence-corrected chi connectivity index (χ0v) is 11.5. The van der Waals surface area contributed by atoms with Crippen molar-refractivity contribution in [2.75, 3.05) is 11.9 Å². The fourth-order valence-electron chi connectivity index (χ4n) is 1.71. The van der Waals surface area contributed by atoms with E-state index in [9.17, 15) is 4.79 Å². The molecule has 0 aliphatic carbocycles. The highest BCUT2D eigenvalue weighted by atomic mass is 32.1. The number of nitrogens with two attached hydrogens (primary N) is 1. The van der Waals surface area contributed by atoms with Gasteiger partial charge in [-0.1, -0.05) is 12.2 Å². The Morgan fingerprint density at radius 2 is 1.89 bits per heavy atom. The quantitative estimate of drug-likeness (QED) is 0.874. The lowest BCUT2D eigenvalue weighted by atomic mass is 10.2. The molecule has 5 heteroatoms. The molecule has 0 radical (unpaired) electrons. The lowest BCUT2D eigenvalue weighted by Crippen LogP contribution is -2.26. The smallest absolute Gasteiger partial charge is 0.293 e. The van der Waals surface area contributed by atoms with Gasteiger partial charge < -0.3 is 15.1 Å². The summed E-state index contributed by atoms with van der Waals surface area (Å²) in [7, 11) is 1.69. The molecule has 0 fully saturated rings. The Kier molecular flexibility index (Phi) is 3.66. The van der Waals surface area contributed by atoms with Gasteiger partial charge in [0.2, 0.25) is 0 Å². The number of anilines is 1. The lowest BCUT2D eigenvalue weighted by molar-refractivity contribution is 0.0965. The summed E-state index contributed by atoms with van der Waals surface area (Å²) in [4.78, 5) is 14.1. The Morgan fingerprint density at radius 1 is 1.26 bits per heavy atom. The number of benzene rings is 1. The standard InChI is InChI=1S/C14H14N2O2S/c1-9-7-8-18-12(9)14(17)16(2)11-5-3-10(4-6-11)13(15)19/h3-8H,1-2H3,(H2,15,19). The maximum absolute atomic E-state index is 12.2. The molecule has 1 aromatic heterocycles. The fraction of sp³-hybridized carbons (Fsp3) is 0.143. The van der Waals surface area contributed by atoms with Crippen LogP contribution in [-0.2, 0) is 0 Å². The predicted molar refractivity (Wildman–Crippen MR) is 78.5 cm³/mol. The van der Waals surface area contributed by atoms with Crippen molar-refractivity contribution in [3.63, 3.8) is 0 Å². The second-order valence-corrected chi connectivity index (χ2v) is 4.65. The summed E-state index contributed by atoms with van der Waals surface area (Å²) in [5.74, 6) is 0.159. The van der Waals surface area contributed by atoms with Gasteiger partial charge in [0, 0.05) is 23.9 Å². The first-order valence-corrected chi connectivity index (χ1v) is 6.13. The van der Waals surface area contributed by atoms with E-state index in [0.717, 1.165) is 16.8 Å². The molecule has 0 atom stereocenters. The maximum atomic E-state index is 12.2. The highest BCUT2D eigenvalue weighted by Crippen LogP contribution is 2.18. The molecule has 2 rings (SSSR count). The van der Waals surface area contributed by atoms with Gasteiger partial charge in [-0.25, -0.2) is 0 Å². The van der Waals surface area contributed by atoms with Crippen molar-refractivity contribution >= 4 is 28.8 Å². The van der Waals surface area contributed by atoms with E-state index < -0.39 is 0 Å². The third-order valence-corrected chi connectivity index (χ3v) is 3.14. The highest BCUT2D eigenvalue weighted by molar-refractivity contribution is 7.80. The molecular formula is C14H14N2O2S. The highest BCUT2D eigenvalue weighted by Gasteiger charge is 2.18. The molecule has 0 spiro atoms. The van der Waals surface area contributed by atoms with E-state index >= 15 is 0 Å². The molecule has 1 amide bonds. The van der Waals surface area contributed by atoms with Gasteiger partial charge in [-0.05, 0) is 37.3 Å². The Bertz CT molecular complexity index is 617. The maximum Gasteiger partial charge on any atom is 0.293 e.